The van der Waals surface area contributed by atoms with Crippen molar-refractivity contribution >= 4 is 28.5 Å². The number of aliphatic carboxylic acids is 1. The number of aromatic amines is 1. The number of carbonyl (C=O) groups is 1. The Bertz CT molecular complexity index is 1030. The summed E-state index contributed by atoms with van der Waals surface area (Å²) in [4.78, 5) is 14.8. The number of hydrogen-bond acceptors (Lipinski definition) is 4. The van der Waals surface area contributed by atoms with Gasteiger partial charge in [0.05, 0.1) is 39.0 Å². The second-order valence-electron chi connectivity index (χ2n) is 6.03. The minimum absolute atomic E-state index is 0.145. The van der Waals surface area contributed by atoms with Gasteiger partial charge in [0.1, 0.15) is 0 Å². The average Bonchev–Trinajstić information content (AvgIpc) is 3.01. The zero-order chi connectivity index (χ0) is 19.7. The Hall–Kier alpha value is -2.86. The molecule has 0 bridgehead atoms. The van der Waals surface area contributed by atoms with Crippen LogP contribution in [-0.2, 0) is 11.2 Å². The van der Waals surface area contributed by atoms with E-state index in [1.165, 1.54) is 14.2 Å². The van der Waals surface area contributed by atoms with Crippen molar-refractivity contribution in [2.24, 2.45) is 0 Å². The van der Waals surface area contributed by atoms with Crippen LogP contribution in [0.15, 0.2) is 24.3 Å². The van der Waals surface area contributed by atoms with Crippen molar-refractivity contribution in [3.8, 4) is 28.5 Å². The Labute approximate surface area is 161 Å². The van der Waals surface area contributed by atoms with Crippen molar-refractivity contribution in [2.45, 2.75) is 13.3 Å². The lowest BCUT2D eigenvalue weighted by atomic mass is 10.0. The van der Waals surface area contributed by atoms with Crippen LogP contribution in [0.4, 0.5) is 0 Å². The number of rotatable bonds is 6. The highest BCUT2D eigenvalue weighted by Gasteiger charge is 2.23. The van der Waals surface area contributed by atoms with Crippen LogP contribution in [0.2, 0.25) is 5.02 Å². The van der Waals surface area contributed by atoms with E-state index in [0.29, 0.717) is 39.1 Å². The maximum Gasteiger partial charge on any atom is 0.307 e. The molecule has 0 spiro atoms. The van der Waals surface area contributed by atoms with Gasteiger partial charge < -0.3 is 24.3 Å². The molecule has 142 valence electrons. The number of ether oxygens (including phenoxy) is 3. The first-order valence-electron chi connectivity index (χ1n) is 8.23. The van der Waals surface area contributed by atoms with Crippen LogP contribution >= 0.6 is 11.6 Å². The zero-order valence-electron chi connectivity index (χ0n) is 15.5. The molecule has 0 aliphatic heterocycles. The summed E-state index contributed by atoms with van der Waals surface area (Å²) in [7, 11) is 4.60. The van der Waals surface area contributed by atoms with Gasteiger partial charge in [-0.25, -0.2) is 0 Å². The third-order valence-electron chi connectivity index (χ3n) is 4.58. The van der Waals surface area contributed by atoms with Crippen LogP contribution in [0.25, 0.3) is 22.2 Å². The van der Waals surface area contributed by atoms with Gasteiger partial charge in [0, 0.05) is 16.0 Å². The summed E-state index contributed by atoms with van der Waals surface area (Å²) in [6.45, 7) is 1.89. The van der Waals surface area contributed by atoms with Gasteiger partial charge in [-0.1, -0.05) is 17.7 Å². The van der Waals surface area contributed by atoms with Crippen molar-refractivity contribution in [1.82, 2.24) is 4.98 Å². The van der Waals surface area contributed by atoms with Gasteiger partial charge in [0.2, 0.25) is 5.75 Å². The number of methoxy groups -OCH3 is 3. The van der Waals surface area contributed by atoms with E-state index in [2.05, 4.69) is 4.98 Å². The first-order chi connectivity index (χ1) is 12.9. The first kappa shape index (κ1) is 18.9. The molecule has 1 heterocycles. The summed E-state index contributed by atoms with van der Waals surface area (Å²) in [5, 5.41) is 10.9. The molecule has 0 saturated carbocycles. The number of aryl methyl sites for hydroxylation is 1. The van der Waals surface area contributed by atoms with Crippen LogP contribution in [0.5, 0.6) is 17.2 Å². The molecule has 1 aromatic heterocycles. The Morgan fingerprint density at radius 2 is 1.78 bits per heavy atom. The predicted octanol–water partition coefficient (Wildman–Crippen LogP) is 4.45. The highest BCUT2D eigenvalue weighted by Crippen LogP contribution is 2.46. The smallest absolute Gasteiger partial charge is 0.307 e. The normalized spacial score (nSPS) is 10.9. The molecule has 0 aliphatic carbocycles. The van der Waals surface area contributed by atoms with E-state index in [9.17, 15) is 9.90 Å². The Balaban J connectivity index is 2.37. The van der Waals surface area contributed by atoms with Crippen LogP contribution < -0.4 is 14.2 Å². The van der Waals surface area contributed by atoms with E-state index in [1.54, 1.807) is 19.2 Å². The van der Waals surface area contributed by atoms with E-state index in [-0.39, 0.29) is 6.42 Å². The Morgan fingerprint density at radius 3 is 2.37 bits per heavy atom. The molecule has 0 atom stereocenters. The number of halogens is 1. The maximum atomic E-state index is 11.5. The standard InChI is InChI=1S/C20H20ClNO5/c1-10-14(21)7-5-11-13(9-16(23)24)18(22-17(10)11)12-6-8-15(25-2)20(27-4)19(12)26-3/h5-8,22H,9H2,1-4H3,(H,23,24). The van der Waals surface area contributed by atoms with E-state index >= 15 is 0 Å². The number of aromatic nitrogens is 1. The summed E-state index contributed by atoms with van der Waals surface area (Å²) < 4.78 is 16.4. The quantitative estimate of drug-likeness (QED) is 0.651. The van der Waals surface area contributed by atoms with Gasteiger partial charge in [0.15, 0.2) is 11.5 Å². The van der Waals surface area contributed by atoms with Crippen molar-refractivity contribution in [3.63, 3.8) is 0 Å². The minimum Gasteiger partial charge on any atom is -0.493 e. The third kappa shape index (κ3) is 3.17. The molecular weight excluding hydrogens is 370 g/mol. The lowest BCUT2D eigenvalue weighted by molar-refractivity contribution is -0.136. The van der Waals surface area contributed by atoms with Crippen molar-refractivity contribution in [3.05, 3.63) is 40.4 Å². The minimum atomic E-state index is -0.927. The lowest BCUT2D eigenvalue weighted by Crippen LogP contribution is -2.02. The molecule has 0 unspecified atom stereocenters. The van der Waals surface area contributed by atoms with Crippen LogP contribution in [-0.4, -0.2) is 37.4 Å². The Kier molecular flexibility index (Phi) is 5.19. The molecule has 3 aromatic rings. The fraction of sp³-hybridized carbons (Fsp3) is 0.250. The number of H-pyrrole nitrogens is 1. The molecule has 0 fully saturated rings. The number of carboxylic acid groups (broad SMARTS) is 1. The van der Waals surface area contributed by atoms with Crippen molar-refractivity contribution in [2.75, 3.05) is 21.3 Å². The summed E-state index contributed by atoms with van der Waals surface area (Å²) in [6.07, 6.45) is -0.145. The van der Waals surface area contributed by atoms with E-state index in [0.717, 1.165) is 16.5 Å². The number of nitrogens with one attached hydrogen (secondary N) is 1. The van der Waals surface area contributed by atoms with Crippen LogP contribution in [0.1, 0.15) is 11.1 Å². The van der Waals surface area contributed by atoms with Crippen molar-refractivity contribution < 1.29 is 24.1 Å². The molecule has 2 N–H and O–H groups in total. The molecule has 0 radical (unpaired) electrons. The topological polar surface area (TPSA) is 80.8 Å². The van der Waals surface area contributed by atoms with Gasteiger partial charge in [0.25, 0.3) is 0 Å². The predicted molar refractivity (Wildman–Crippen MR) is 104 cm³/mol. The molecule has 0 aliphatic rings. The van der Waals surface area contributed by atoms with E-state index < -0.39 is 5.97 Å². The summed E-state index contributed by atoms with van der Waals surface area (Å²) >= 11 is 6.25. The highest BCUT2D eigenvalue weighted by atomic mass is 35.5. The van der Waals surface area contributed by atoms with E-state index in [4.69, 9.17) is 25.8 Å². The van der Waals surface area contributed by atoms with E-state index in [1.807, 2.05) is 19.1 Å². The SMILES string of the molecule is COc1ccc(-c2[nH]c3c(C)c(Cl)ccc3c2CC(=O)O)c(OC)c1OC. The number of carboxylic acids is 1. The molecule has 27 heavy (non-hydrogen) atoms. The largest absolute Gasteiger partial charge is 0.493 e. The highest BCUT2D eigenvalue weighted by molar-refractivity contribution is 6.32. The molecule has 2 aromatic carbocycles. The molecule has 6 nitrogen and oxygen atoms in total. The monoisotopic (exact) mass is 389 g/mol. The van der Waals surface area contributed by atoms with Gasteiger partial charge >= 0.3 is 5.97 Å². The molecule has 0 amide bonds. The number of benzene rings is 2. The second-order valence-corrected chi connectivity index (χ2v) is 6.43. The molecular formula is C20H20ClNO5. The van der Waals surface area contributed by atoms with Gasteiger partial charge in [-0.3, -0.25) is 4.79 Å². The number of fused-ring (bicyclic) bond motifs is 1. The lowest BCUT2D eigenvalue weighted by Gasteiger charge is -2.16. The summed E-state index contributed by atoms with van der Waals surface area (Å²) in [5.41, 5.74) is 3.63. The average molecular weight is 390 g/mol. The second kappa shape index (κ2) is 7.40. The van der Waals surface area contributed by atoms with Crippen LogP contribution in [0.3, 0.4) is 0 Å². The van der Waals surface area contributed by atoms with Gasteiger partial charge in [-0.05, 0) is 36.2 Å². The zero-order valence-corrected chi connectivity index (χ0v) is 16.2. The number of hydrogen-bond donors (Lipinski definition) is 2. The third-order valence-corrected chi connectivity index (χ3v) is 4.99. The van der Waals surface area contributed by atoms with Gasteiger partial charge in [-0.2, -0.15) is 0 Å². The molecule has 0 saturated heterocycles. The summed E-state index contributed by atoms with van der Waals surface area (Å²) in [5.74, 6) is 0.489. The fourth-order valence-corrected chi connectivity index (χ4v) is 3.45. The first-order valence-corrected chi connectivity index (χ1v) is 8.61. The van der Waals surface area contributed by atoms with Gasteiger partial charge in [-0.15, -0.1) is 0 Å². The summed E-state index contributed by atoms with van der Waals surface area (Å²) in [6, 6.07) is 7.17. The molecule has 3 rings (SSSR count). The van der Waals surface area contributed by atoms with Crippen LogP contribution in [0, 0.1) is 6.92 Å². The van der Waals surface area contributed by atoms with Crippen molar-refractivity contribution in [1.29, 1.82) is 0 Å². The fourth-order valence-electron chi connectivity index (χ4n) is 3.30. The maximum absolute atomic E-state index is 11.5. The Morgan fingerprint density at radius 1 is 1.07 bits per heavy atom. The molecule has 7 heteroatoms.